The fourth-order valence-electron chi connectivity index (χ4n) is 3.00. The lowest BCUT2D eigenvalue weighted by molar-refractivity contribution is 0.414. The van der Waals surface area contributed by atoms with Crippen LogP contribution in [0.5, 0.6) is 5.75 Å². The number of methoxy groups -OCH3 is 1. The molecule has 0 aliphatic heterocycles. The number of benzene rings is 2. The second-order valence-electron chi connectivity index (χ2n) is 6.39. The smallest absolute Gasteiger partial charge is 0.136 e. The van der Waals surface area contributed by atoms with Crippen molar-refractivity contribution in [3.63, 3.8) is 0 Å². The first-order valence-corrected chi connectivity index (χ1v) is 9.04. The minimum atomic E-state index is 0.662. The molecule has 0 aliphatic carbocycles. The highest BCUT2D eigenvalue weighted by Crippen LogP contribution is 2.24. The Morgan fingerprint density at radius 2 is 1.71 bits per heavy atom. The third kappa shape index (κ3) is 4.01. The molecule has 2 aromatic carbocycles. The van der Waals surface area contributed by atoms with Gasteiger partial charge < -0.3 is 15.4 Å². The van der Waals surface area contributed by atoms with E-state index in [-0.39, 0.29) is 0 Å². The zero-order chi connectivity index (χ0) is 19.3. The normalized spacial score (nSPS) is 10.6. The average Bonchev–Trinajstić information content (AvgIpc) is 2.72. The highest BCUT2D eigenvalue weighted by molar-refractivity contribution is 5.91. The summed E-state index contributed by atoms with van der Waals surface area (Å²) in [7, 11) is 1.66. The summed E-state index contributed by atoms with van der Waals surface area (Å²) in [6.45, 7) is 2.54. The van der Waals surface area contributed by atoms with Gasteiger partial charge in [-0.25, -0.2) is 9.97 Å². The number of pyridine rings is 1. The third-order valence-electron chi connectivity index (χ3n) is 4.37. The molecule has 4 rings (SSSR count). The molecule has 2 aromatic heterocycles. The molecule has 0 amide bonds. The van der Waals surface area contributed by atoms with Gasteiger partial charge in [0.15, 0.2) is 0 Å². The predicted molar refractivity (Wildman–Crippen MR) is 112 cm³/mol. The van der Waals surface area contributed by atoms with E-state index in [1.54, 1.807) is 13.3 Å². The van der Waals surface area contributed by atoms with Gasteiger partial charge in [-0.05, 0) is 36.8 Å². The number of nitrogens with one attached hydrogen (secondary N) is 2. The SMILES string of the molecule is COc1ccc(CNc2cc(Nc3cccc4cccnc34)nc(C)n2)cc1. The summed E-state index contributed by atoms with van der Waals surface area (Å²) in [6.07, 6.45) is 1.79. The lowest BCUT2D eigenvalue weighted by Crippen LogP contribution is -2.05. The molecular formula is C22H21N5O. The molecule has 0 aliphatic rings. The molecule has 4 aromatic rings. The molecule has 2 N–H and O–H groups in total. The summed E-state index contributed by atoms with van der Waals surface area (Å²) in [5.74, 6) is 3.02. The fourth-order valence-corrected chi connectivity index (χ4v) is 3.00. The minimum Gasteiger partial charge on any atom is -0.497 e. The third-order valence-corrected chi connectivity index (χ3v) is 4.37. The van der Waals surface area contributed by atoms with Crippen molar-refractivity contribution in [2.45, 2.75) is 13.5 Å². The maximum atomic E-state index is 5.20. The molecule has 0 radical (unpaired) electrons. The molecule has 2 heterocycles. The number of hydrogen-bond donors (Lipinski definition) is 2. The van der Waals surface area contributed by atoms with Crippen molar-refractivity contribution in [1.29, 1.82) is 0 Å². The first kappa shape index (κ1) is 17.7. The van der Waals surface area contributed by atoms with Crippen LogP contribution in [0.25, 0.3) is 10.9 Å². The Morgan fingerprint density at radius 3 is 2.54 bits per heavy atom. The van der Waals surface area contributed by atoms with Crippen molar-refractivity contribution in [2.75, 3.05) is 17.7 Å². The number of para-hydroxylation sites is 1. The van der Waals surface area contributed by atoms with Gasteiger partial charge in [0, 0.05) is 24.2 Å². The first-order chi connectivity index (χ1) is 13.7. The Kier molecular flexibility index (Phi) is 5.01. The zero-order valence-corrected chi connectivity index (χ0v) is 15.8. The van der Waals surface area contributed by atoms with Gasteiger partial charge in [0.2, 0.25) is 0 Å². The van der Waals surface area contributed by atoms with E-state index >= 15 is 0 Å². The van der Waals surface area contributed by atoms with Gasteiger partial charge in [-0.2, -0.15) is 0 Å². The lowest BCUT2D eigenvalue weighted by Gasteiger charge is -2.12. The molecule has 0 unspecified atom stereocenters. The molecule has 140 valence electrons. The predicted octanol–water partition coefficient (Wildman–Crippen LogP) is 4.70. The molecular weight excluding hydrogens is 350 g/mol. The zero-order valence-electron chi connectivity index (χ0n) is 15.8. The molecule has 6 nitrogen and oxygen atoms in total. The van der Waals surface area contributed by atoms with Crippen molar-refractivity contribution in [1.82, 2.24) is 15.0 Å². The van der Waals surface area contributed by atoms with Crippen LogP contribution in [0.1, 0.15) is 11.4 Å². The second-order valence-corrected chi connectivity index (χ2v) is 6.39. The van der Waals surface area contributed by atoms with Gasteiger partial charge in [0.05, 0.1) is 18.3 Å². The lowest BCUT2D eigenvalue weighted by atomic mass is 10.2. The van der Waals surface area contributed by atoms with Crippen molar-refractivity contribution >= 4 is 28.2 Å². The monoisotopic (exact) mass is 371 g/mol. The van der Waals surface area contributed by atoms with Crippen molar-refractivity contribution < 1.29 is 4.74 Å². The van der Waals surface area contributed by atoms with E-state index in [1.165, 1.54) is 0 Å². The quantitative estimate of drug-likeness (QED) is 0.512. The van der Waals surface area contributed by atoms with Crippen LogP contribution in [0.4, 0.5) is 17.3 Å². The second kappa shape index (κ2) is 7.92. The number of hydrogen-bond acceptors (Lipinski definition) is 6. The Bertz CT molecular complexity index is 1090. The maximum Gasteiger partial charge on any atom is 0.136 e. The molecule has 0 bridgehead atoms. The Balaban J connectivity index is 1.53. The molecule has 0 fully saturated rings. The van der Waals surface area contributed by atoms with Gasteiger partial charge in [-0.3, -0.25) is 4.98 Å². The van der Waals surface area contributed by atoms with Gasteiger partial charge in [0.25, 0.3) is 0 Å². The van der Waals surface area contributed by atoms with Crippen LogP contribution in [-0.4, -0.2) is 22.1 Å². The van der Waals surface area contributed by atoms with E-state index in [9.17, 15) is 0 Å². The van der Waals surface area contributed by atoms with E-state index in [0.717, 1.165) is 39.5 Å². The molecule has 28 heavy (non-hydrogen) atoms. The standard InChI is InChI=1S/C22H21N5O/c1-15-25-20(24-14-16-8-10-18(28-2)11-9-16)13-21(26-15)27-19-7-3-5-17-6-4-12-23-22(17)19/h3-13H,14H2,1-2H3,(H2,24,25,26,27). The molecule has 0 saturated carbocycles. The highest BCUT2D eigenvalue weighted by atomic mass is 16.5. The van der Waals surface area contributed by atoms with Crippen molar-refractivity contribution in [3.8, 4) is 5.75 Å². The van der Waals surface area contributed by atoms with Crippen LogP contribution in [0.3, 0.4) is 0 Å². The van der Waals surface area contributed by atoms with Crippen LogP contribution in [0.15, 0.2) is 66.9 Å². The maximum absolute atomic E-state index is 5.20. The molecule has 0 spiro atoms. The summed E-state index contributed by atoms with van der Waals surface area (Å²) >= 11 is 0. The summed E-state index contributed by atoms with van der Waals surface area (Å²) < 4.78 is 5.20. The van der Waals surface area contributed by atoms with Crippen molar-refractivity contribution in [3.05, 3.63) is 78.2 Å². The van der Waals surface area contributed by atoms with Crippen LogP contribution in [0, 0.1) is 6.92 Å². The van der Waals surface area contributed by atoms with Gasteiger partial charge in [-0.1, -0.05) is 30.3 Å². The van der Waals surface area contributed by atoms with E-state index in [0.29, 0.717) is 12.4 Å². The van der Waals surface area contributed by atoms with E-state index in [2.05, 4.69) is 25.6 Å². The van der Waals surface area contributed by atoms with Gasteiger partial charge >= 0.3 is 0 Å². The number of aromatic nitrogens is 3. The Morgan fingerprint density at radius 1 is 0.929 bits per heavy atom. The number of anilines is 3. The van der Waals surface area contributed by atoms with E-state index in [1.807, 2.05) is 67.6 Å². The number of rotatable bonds is 6. The van der Waals surface area contributed by atoms with Crippen LogP contribution < -0.4 is 15.4 Å². The van der Waals surface area contributed by atoms with Crippen LogP contribution >= 0.6 is 0 Å². The minimum absolute atomic E-state index is 0.662. The van der Waals surface area contributed by atoms with Crippen LogP contribution in [-0.2, 0) is 6.54 Å². The van der Waals surface area contributed by atoms with Gasteiger partial charge in [0.1, 0.15) is 23.2 Å². The molecule has 6 heteroatoms. The van der Waals surface area contributed by atoms with E-state index < -0.39 is 0 Å². The summed E-state index contributed by atoms with van der Waals surface area (Å²) in [6, 6.07) is 19.9. The van der Waals surface area contributed by atoms with Gasteiger partial charge in [-0.15, -0.1) is 0 Å². The number of fused-ring (bicyclic) bond motifs is 1. The number of nitrogens with zero attached hydrogens (tertiary/aromatic N) is 3. The fraction of sp³-hybridized carbons (Fsp3) is 0.136. The summed E-state index contributed by atoms with van der Waals surface area (Å²) in [5.41, 5.74) is 2.97. The number of ether oxygens (including phenoxy) is 1. The number of aryl methyl sites for hydroxylation is 1. The highest BCUT2D eigenvalue weighted by Gasteiger charge is 2.06. The van der Waals surface area contributed by atoms with E-state index in [4.69, 9.17) is 4.74 Å². The topological polar surface area (TPSA) is 72.0 Å². The summed E-state index contributed by atoms with van der Waals surface area (Å²) in [4.78, 5) is 13.5. The first-order valence-electron chi connectivity index (χ1n) is 9.04. The van der Waals surface area contributed by atoms with Crippen molar-refractivity contribution in [2.24, 2.45) is 0 Å². The molecule has 0 saturated heterocycles. The average molecular weight is 371 g/mol. The largest absolute Gasteiger partial charge is 0.497 e. The molecule has 0 atom stereocenters. The Labute approximate surface area is 163 Å². The Hall–Kier alpha value is -3.67. The summed E-state index contributed by atoms with van der Waals surface area (Å²) in [5, 5.41) is 7.81. The van der Waals surface area contributed by atoms with Crippen LogP contribution in [0.2, 0.25) is 0 Å².